The number of aliphatic hydroxyl groups excluding tert-OH is 2. The molecule has 0 aromatic carbocycles. The largest absolute Gasteiger partial charge is 0.393 e. The molecule has 4 nitrogen and oxygen atoms in total. The molecule has 1 saturated heterocycles. The summed E-state index contributed by atoms with van der Waals surface area (Å²) >= 11 is 0. The van der Waals surface area contributed by atoms with Gasteiger partial charge in [0.1, 0.15) is 11.4 Å². The minimum absolute atomic E-state index is 0.0359. The molecule has 0 bridgehead atoms. The van der Waals surface area contributed by atoms with E-state index in [9.17, 15) is 15.0 Å². The Bertz CT molecular complexity index is 905. The molecule has 4 aliphatic carbocycles. The lowest BCUT2D eigenvalue weighted by Gasteiger charge is -2.61. The Morgan fingerprint density at radius 1 is 1.06 bits per heavy atom. The van der Waals surface area contributed by atoms with Crippen LogP contribution in [0.4, 0.5) is 0 Å². The van der Waals surface area contributed by atoms with Gasteiger partial charge in [0.05, 0.1) is 18.8 Å². The Labute approximate surface area is 206 Å². The number of allylic oxidation sites excluding steroid dienone is 1. The SMILES string of the molecule is C[C@H](CC[C@@H]1O[C@@]1(C)CO)[C@H]1CC[C@@]2(C)C3=C(CC[C@]12C)[C@@]1(C)CCC(=O)C(C)(C)[C@@H]1C[C@H]3O. The summed E-state index contributed by atoms with van der Waals surface area (Å²) in [7, 11) is 0. The summed E-state index contributed by atoms with van der Waals surface area (Å²) in [6.07, 6.45) is 8.97. The number of aliphatic hydroxyl groups is 2. The van der Waals surface area contributed by atoms with E-state index in [0.29, 0.717) is 24.0 Å². The monoisotopic (exact) mass is 472 g/mol. The molecule has 5 aliphatic rings. The predicted octanol–water partition coefficient (Wildman–Crippen LogP) is 5.84. The zero-order valence-corrected chi connectivity index (χ0v) is 22.7. The number of hydrogen-bond donors (Lipinski definition) is 2. The van der Waals surface area contributed by atoms with Crippen LogP contribution in [0.25, 0.3) is 0 Å². The number of Topliss-reactive ketones (excluding diaryl/α,β-unsaturated/α-hetero) is 1. The molecule has 3 fully saturated rings. The van der Waals surface area contributed by atoms with Crippen LogP contribution in [-0.2, 0) is 9.53 Å². The van der Waals surface area contributed by atoms with Crippen molar-refractivity contribution in [3.05, 3.63) is 11.1 Å². The number of ketones is 1. The molecule has 5 rings (SSSR count). The van der Waals surface area contributed by atoms with Gasteiger partial charge in [-0.2, -0.15) is 0 Å². The van der Waals surface area contributed by atoms with Gasteiger partial charge in [0.2, 0.25) is 0 Å². The Morgan fingerprint density at radius 3 is 2.41 bits per heavy atom. The van der Waals surface area contributed by atoms with E-state index in [1.807, 2.05) is 6.92 Å². The van der Waals surface area contributed by atoms with E-state index < -0.39 is 6.10 Å². The first-order valence-corrected chi connectivity index (χ1v) is 14.0. The van der Waals surface area contributed by atoms with Gasteiger partial charge in [-0.1, -0.05) is 47.1 Å². The van der Waals surface area contributed by atoms with E-state index >= 15 is 0 Å². The van der Waals surface area contributed by atoms with E-state index in [1.165, 1.54) is 24.0 Å². The molecule has 0 aromatic heterocycles. The van der Waals surface area contributed by atoms with Crippen LogP contribution in [0.2, 0.25) is 0 Å². The zero-order chi connectivity index (χ0) is 24.9. The van der Waals surface area contributed by atoms with E-state index in [2.05, 4.69) is 41.5 Å². The highest BCUT2D eigenvalue weighted by Crippen LogP contribution is 2.72. The third kappa shape index (κ3) is 3.16. The summed E-state index contributed by atoms with van der Waals surface area (Å²) in [5, 5.41) is 21.2. The molecule has 0 unspecified atom stereocenters. The van der Waals surface area contributed by atoms with Crippen LogP contribution in [0.15, 0.2) is 11.1 Å². The Balaban J connectivity index is 1.43. The van der Waals surface area contributed by atoms with Crippen LogP contribution in [0, 0.1) is 39.4 Å². The van der Waals surface area contributed by atoms with Crippen molar-refractivity contribution >= 4 is 5.78 Å². The average molecular weight is 473 g/mol. The fourth-order valence-electron chi connectivity index (χ4n) is 9.82. The maximum atomic E-state index is 12.8. The summed E-state index contributed by atoms with van der Waals surface area (Å²) in [4.78, 5) is 12.8. The molecule has 0 aromatic rings. The molecule has 2 saturated carbocycles. The third-order valence-electron chi connectivity index (χ3n) is 12.5. The van der Waals surface area contributed by atoms with Gasteiger partial charge in [0.15, 0.2) is 0 Å². The highest BCUT2D eigenvalue weighted by molar-refractivity contribution is 5.85. The fraction of sp³-hybridized carbons (Fsp3) is 0.900. The second-order valence-corrected chi connectivity index (χ2v) is 14.3. The number of rotatable bonds is 5. The Kier molecular flexibility index (Phi) is 5.62. The van der Waals surface area contributed by atoms with E-state index in [0.717, 1.165) is 38.5 Å². The van der Waals surface area contributed by atoms with Crippen LogP contribution in [0.5, 0.6) is 0 Å². The predicted molar refractivity (Wildman–Crippen MR) is 134 cm³/mol. The van der Waals surface area contributed by atoms with Crippen molar-refractivity contribution in [2.75, 3.05) is 6.61 Å². The van der Waals surface area contributed by atoms with Gasteiger partial charge < -0.3 is 14.9 Å². The molecule has 1 heterocycles. The Morgan fingerprint density at radius 2 is 1.76 bits per heavy atom. The fourth-order valence-corrected chi connectivity index (χ4v) is 9.82. The van der Waals surface area contributed by atoms with Crippen molar-refractivity contribution in [3.8, 4) is 0 Å². The van der Waals surface area contributed by atoms with Gasteiger partial charge in [-0.25, -0.2) is 0 Å². The molecule has 192 valence electrons. The first kappa shape index (κ1) is 25.0. The molecule has 2 N–H and O–H groups in total. The van der Waals surface area contributed by atoms with E-state index in [1.54, 1.807) is 0 Å². The highest BCUT2D eigenvalue weighted by atomic mass is 16.6. The highest BCUT2D eigenvalue weighted by Gasteiger charge is 2.65. The summed E-state index contributed by atoms with van der Waals surface area (Å²) in [5.41, 5.74) is 2.50. The van der Waals surface area contributed by atoms with Gasteiger partial charge in [-0.05, 0) is 97.9 Å². The van der Waals surface area contributed by atoms with Gasteiger partial charge in [0.25, 0.3) is 0 Å². The number of hydrogen-bond acceptors (Lipinski definition) is 4. The van der Waals surface area contributed by atoms with Crippen LogP contribution >= 0.6 is 0 Å². The minimum atomic E-state index is -0.415. The number of fused-ring (bicyclic) bond motifs is 4. The lowest BCUT2D eigenvalue weighted by atomic mass is 9.43. The maximum Gasteiger partial charge on any atom is 0.138 e. The molecule has 1 aliphatic heterocycles. The summed E-state index contributed by atoms with van der Waals surface area (Å²) in [5.74, 6) is 1.87. The first-order valence-electron chi connectivity index (χ1n) is 14.0. The summed E-state index contributed by atoms with van der Waals surface area (Å²) < 4.78 is 5.77. The average Bonchev–Trinajstić information content (AvgIpc) is 3.35. The van der Waals surface area contributed by atoms with E-state index in [4.69, 9.17) is 4.74 Å². The quantitative estimate of drug-likeness (QED) is 0.389. The number of epoxide rings is 1. The van der Waals surface area contributed by atoms with Crippen molar-refractivity contribution in [1.29, 1.82) is 0 Å². The molecule has 0 spiro atoms. The Hall–Kier alpha value is -0.710. The smallest absolute Gasteiger partial charge is 0.138 e. The van der Waals surface area contributed by atoms with Crippen molar-refractivity contribution in [1.82, 2.24) is 0 Å². The van der Waals surface area contributed by atoms with Gasteiger partial charge in [-0.15, -0.1) is 0 Å². The van der Waals surface area contributed by atoms with E-state index in [-0.39, 0.29) is 45.9 Å². The molecule has 0 radical (unpaired) electrons. The third-order valence-corrected chi connectivity index (χ3v) is 12.5. The number of ether oxygens (including phenoxy) is 1. The van der Waals surface area contributed by atoms with Crippen molar-refractivity contribution in [3.63, 3.8) is 0 Å². The summed E-state index contributed by atoms with van der Waals surface area (Å²) in [6.45, 7) is 16.2. The number of carbonyl (C=O) groups is 1. The molecular formula is C30H48O4. The second-order valence-electron chi connectivity index (χ2n) is 14.3. The normalized spacial score (nSPS) is 50.4. The van der Waals surface area contributed by atoms with Crippen molar-refractivity contribution in [2.24, 2.45) is 39.4 Å². The minimum Gasteiger partial charge on any atom is -0.393 e. The second kappa shape index (κ2) is 7.65. The van der Waals surface area contributed by atoms with Crippen LogP contribution in [-0.4, -0.2) is 40.4 Å². The zero-order valence-electron chi connectivity index (χ0n) is 22.7. The molecule has 9 atom stereocenters. The van der Waals surface area contributed by atoms with Gasteiger partial charge >= 0.3 is 0 Å². The molecular weight excluding hydrogens is 424 g/mol. The van der Waals surface area contributed by atoms with Crippen molar-refractivity contribution < 1.29 is 19.7 Å². The standard InChI is InChI=1S/C30H48O4/c1-18(8-9-24-30(7,17-31)34-24)19-10-15-29(6)25-20(11-14-28(19,29)5)27(4)13-12-23(33)26(2,3)22(27)16-21(25)32/h18-19,21-22,24,31-32H,8-17H2,1-7H3/t18-,19-,21-,22+,24+,27-,28-,29+,30+/m1/s1. The topological polar surface area (TPSA) is 70.1 Å². The lowest BCUT2D eigenvalue weighted by molar-refractivity contribution is -0.141. The maximum absolute atomic E-state index is 12.8. The molecule has 4 heteroatoms. The van der Waals surface area contributed by atoms with Gasteiger partial charge in [0, 0.05) is 11.8 Å². The van der Waals surface area contributed by atoms with Gasteiger partial charge in [-0.3, -0.25) is 4.79 Å². The van der Waals surface area contributed by atoms with Crippen LogP contribution < -0.4 is 0 Å². The lowest BCUT2D eigenvalue weighted by Crippen LogP contribution is -2.57. The molecule has 0 amide bonds. The van der Waals surface area contributed by atoms with Crippen molar-refractivity contribution in [2.45, 2.75) is 124 Å². The molecule has 34 heavy (non-hydrogen) atoms. The van der Waals surface area contributed by atoms with Crippen LogP contribution in [0.3, 0.4) is 0 Å². The first-order chi connectivity index (χ1) is 15.7. The van der Waals surface area contributed by atoms with Crippen LogP contribution in [0.1, 0.15) is 106 Å². The number of carbonyl (C=O) groups excluding carboxylic acids is 1. The summed E-state index contributed by atoms with van der Waals surface area (Å²) in [6, 6.07) is 0.